The molecule has 1 heterocycles. The first-order chi connectivity index (χ1) is 12.2. The molecule has 0 N–H and O–H groups in total. The highest BCUT2D eigenvalue weighted by Gasteiger charge is 2.16. The maximum Gasteiger partial charge on any atom is 0.233 e. The van der Waals surface area contributed by atoms with E-state index in [4.69, 9.17) is 21.1 Å². The van der Waals surface area contributed by atoms with Crippen molar-refractivity contribution in [2.24, 2.45) is 0 Å². The van der Waals surface area contributed by atoms with Gasteiger partial charge in [-0.3, -0.25) is 4.79 Å². The number of benzene rings is 2. The predicted octanol–water partition coefficient (Wildman–Crippen LogP) is 4.25. The van der Waals surface area contributed by atoms with Crippen molar-refractivity contribution in [2.75, 3.05) is 25.5 Å². The van der Waals surface area contributed by atoms with E-state index in [9.17, 15) is 4.79 Å². The van der Waals surface area contributed by atoms with Gasteiger partial charge in [0.25, 0.3) is 0 Å². The van der Waals surface area contributed by atoms with Crippen molar-refractivity contribution in [3.05, 3.63) is 53.1 Å². The minimum Gasteiger partial charge on any atom is -0.486 e. The molecule has 0 atom stereocenters. The van der Waals surface area contributed by atoms with Crippen molar-refractivity contribution in [2.45, 2.75) is 18.4 Å². The number of amides is 1. The molecule has 4 nitrogen and oxygen atoms in total. The van der Waals surface area contributed by atoms with E-state index >= 15 is 0 Å². The first kappa shape index (κ1) is 18.0. The molecule has 0 saturated carbocycles. The molecule has 132 valence electrons. The van der Waals surface area contributed by atoms with Gasteiger partial charge < -0.3 is 14.4 Å². The molecule has 1 amide bonds. The number of halogens is 1. The molecule has 0 aliphatic carbocycles. The Morgan fingerprint density at radius 1 is 1.16 bits per heavy atom. The lowest BCUT2D eigenvalue weighted by Gasteiger charge is -2.23. The van der Waals surface area contributed by atoms with Crippen LogP contribution in [0.15, 0.2) is 47.4 Å². The number of ether oxygens (including phenoxy) is 2. The topological polar surface area (TPSA) is 38.8 Å². The summed E-state index contributed by atoms with van der Waals surface area (Å²) in [4.78, 5) is 15.3. The maximum atomic E-state index is 12.6. The van der Waals surface area contributed by atoms with Crippen LogP contribution < -0.4 is 9.47 Å². The van der Waals surface area contributed by atoms with Crippen LogP contribution in [-0.2, 0) is 11.3 Å². The summed E-state index contributed by atoms with van der Waals surface area (Å²) in [6.07, 6.45) is 0. The van der Waals surface area contributed by atoms with Gasteiger partial charge in [-0.2, -0.15) is 0 Å². The van der Waals surface area contributed by atoms with Gasteiger partial charge in [0.15, 0.2) is 11.5 Å². The average Bonchev–Trinajstić information content (AvgIpc) is 2.65. The quantitative estimate of drug-likeness (QED) is 0.705. The molecule has 0 saturated heterocycles. The van der Waals surface area contributed by atoms with Crippen LogP contribution in [0.1, 0.15) is 12.5 Å². The number of hydrogen-bond donors (Lipinski definition) is 0. The van der Waals surface area contributed by atoms with E-state index in [0.717, 1.165) is 22.0 Å². The standard InChI is InChI=1S/C19H20ClNO3S/c1-2-21(19(22)13-25-18-6-4-3-5-15(18)20)12-14-7-8-16-17(11-14)24-10-9-23-16/h3-8,11H,2,9-10,12-13H2,1H3. The molecular weight excluding hydrogens is 358 g/mol. The molecule has 0 bridgehead atoms. The summed E-state index contributed by atoms with van der Waals surface area (Å²) in [6.45, 7) is 4.31. The summed E-state index contributed by atoms with van der Waals surface area (Å²) in [5.74, 6) is 1.96. The third kappa shape index (κ3) is 4.61. The number of carbonyl (C=O) groups is 1. The van der Waals surface area contributed by atoms with E-state index in [2.05, 4.69) is 0 Å². The van der Waals surface area contributed by atoms with Gasteiger partial charge in [0.2, 0.25) is 5.91 Å². The first-order valence-corrected chi connectivity index (χ1v) is 9.57. The lowest BCUT2D eigenvalue weighted by molar-refractivity contribution is -0.128. The van der Waals surface area contributed by atoms with Crippen LogP contribution in [0.25, 0.3) is 0 Å². The molecule has 0 unspecified atom stereocenters. The molecule has 25 heavy (non-hydrogen) atoms. The lowest BCUT2D eigenvalue weighted by Crippen LogP contribution is -2.31. The summed E-state index contributed by atoms with van der Waals surface area (Å²) in [5.41, 5.74) is 1.03. The Balaban J connectivity index is 1.62. The molecule has 6 heteroatoms. The van der Waals surface area contributed by atoms with Gasteiger partial charge in [-0.1, -0.05) is 29.8 Å². The molecular formula is C19H20ClNO3S. The molecule has 1 aliphatic rings. The Morgan fingerprint density at radius 3 is 2.68 bits per heavy atom. The van der Waals surface area contributed by atoms with Crippen LogP contribution in [0, 0.1) is 0 Å². The zero-order chi connectivity index (χ0) is 17.6. The zero-order valence-corrected chi connectivity index (χ0v) is 15.6. The summed E-state index contributed by atoms with van der Waals surface area (Å²) >= 11 is 7.61. The van der Waals surface area contributed by atoms with Crippen molar-refractivity contribution in [3.8, 4) is 11.5 Å². The van der Waals surface area contributed by atoms with E-state index in [1.807, 2.05) is 54.3 Å². The van der Waals surface area contributed by atoms with Crippen LogP contribution >= 0.6 is 23.4 Å². The Hall–Kier alpha value is -1.85. The third-order valence-corrected chi connectivity index (χ3v) is 5.40. The lowest BCUT2D eigenvalue weighted by atomic mass is 10.2. The van der Waals surface area contributed by atoms with Gasteiger partial charge in [-0.05, 0) is 36.8 Å². The first-order valence-electron chi connectivity index (χ1n) is 8.21. The van der Waals surface area contributed by atoms with E-state index in [0.29, 0.717) is 37.1 Å². The fourth-order valence-electron chi connectivity index (χ4n) is 2.58. The Kier molecular flexibility index (Phi) is 6.10. The molecule has 0 radical (unpaired) electrons. The van der Waals surface area contributed by atoms with Crippen molar-refractivity contribution in [1.82, 2.24) is 4.90 Å². The summed E-state index contributed by atoms with van der Waals surface area (Å²) < 4.78 is 11.1. The number of thioether (sulfide) groups is 1. The van der Waals surface area contributed by atoms with Gasteiger partial charge in [-0.15, -0.1) is 11.8 Å². The minimum absolute atomic E-state index is 0.0855. The Bertz CT molecular complexity index is 753. The molecule has 2 aromatic carbocycles. The van der Waals surface area contributed by atoms with Crippen molar-refractivity contribution >= 4 is 29.3 Å². The van der Waals surface area contributed by atoms with E-state index in [-0.39, 0.29) is 5.91 Å². The van der Waals surface area contributed by atoms with E-state index < -0.39 is 0 Å². The van der Waals surface area contributed by atoms with E-state index in [1.54, 1.807) is 0 Å². The number of carbonyl (C=O) groups excluding carboxylic acids is 1. The van der Waals surface area contributed by atoms with Crippen LogP contribution in [0.4, 0.5) is 0 Å². The monoisotopic (exact) mass is 377 g/mol. The van der Waals surface area contributed by atoms with Crippen LogP contribution in [0.5, 0.6) is 11.5 Å². The van der Waals surface area contributed by atoms with Gasteiger partial charge in [-0.25, -0.2) is 0 Å². The fourth-order valence-corrected chi connectivity index (χ4v) is 3.72. The Morgan fingerprint density at radius 2 is 1.92 bits per heavy atom. The maximum absolute atomic E-state index is 12.6. The second kappa shape index (κ2) is 8.50. The second-order valence-corrected chi connectivity index (χ2v) is 7.03. The van der Waals surface area contributed by atoms with Gasteiger partial charge >= 0.3 is 0 Å². The normalized spacial score (nSPS) is 12.7. The van der Waals surface area contributed by atoms with Gasteiger partial charge in [0.05, 0.1) is 10.8 Å². The number of rotatable bonds is 6. The highest BCUT2D eigenvalue weighted by atomic mass is 35.5. The van der Waals surface area contributed by atoms with Gasteiger partial charge in [0.1, 0.15) is 13.2 Å². The third-order valence-electron chi connectivity index (χ3n) is 3.90. The number of hydrogen-bond acceptors (Lipinski definition) is 4. The summed E-state index contributed by atoms with van der Waals surface area (Å²) in [7, 11) is 0. The number of nitrogens with zero attached hydrogens (tertiary/aromatic N) is 1. The van der Waals surface area contributed by atoms with Crippen molar-refractivity contribution < 1.29 is 14.3 Å². The largest absolute Gasteiger partial charge is 0.486 e. The molecule has 1 aliphatic heterocycles. The second-order valence-electron chi connectivity index (χ2n) is 5.61. The smallest absolute Gasteiger partial charge is 0.233 e. The van der Waals surface area contributed by atoms with Crippen LogP contribution in [0.3, 0.4) is 0 Å². The summed E-state index contributed by atoms with van der Waals surface area (Å²) in [6, 6.07) is 13.4. The Labute approximate surface area is 157 Å². The minimum atomic E-state index is 0.0855. The average molecular weight is 378 g/mol. The van der Waals surface area contributed by atoms with Gasteiger partial charge in [0, 0.05) is 18.0 Å². The SMILES string of the molecule is CCN(Cc1ccc2c(c1)OCCO2)C(=O)CSc1ccccc1Cl. The predicted molar refractivity (Wildman–Crippen MR) is 101 cm³/mol. The molecule has 0 aromatic heterocycles. The fraction of sp³-hybridized carbons (Fsp3) is 0.316. The van der Waals surface area contributed by atoms with Crippen LogP contribution in [-0.4, -0.2) is 36.3 Å². The molecule has 0 fully saturated rings. The van der Waals surface area contributed by atoms with Crippen LogP contribution in [0.2, 0.25) is 5.02 Å². The summed E-state index contributed by atoms with van der Waals surface area (Å²) in [5, 5.41) is 0.676. The highest BCUT2D eigenvalue weighted by Crippen LogP contribution is 2.31. The van der Waals surface area contributed by atoms with Crippen molar-refractivity contribution in [3.63, 3.8) is 0 Å². The molecule has 0 spiro atoms. The number of fused-ring (bicyclic) bond motifs is 1. The zero-order valence-electron chi connectivity index (χ0n) is 14.0. The molecule has 2 aromatic rings. The van der Waals surface area contributed by atoms with E-state index in [1.165, 1.54) is 11.8 Å². The highest BCUT2D eigenvalue weighted by molar-refractivity contribution is 8.00. The molecule has 3 rings (SSSR count). The van der Waals surface area contributed by atoms with Crippen molar-refractivity contribution in [1.29, 1.82) is 0 Å².